The second-order valence-corrected chi connectivity index (χ2v) is 76.2. The molecular formula is C30H90O30Si18. The van der Waals surface area contributed by atoms with Gasteiger partial charge in [-0.15, -0.1) is 0 Å². The van der Waals surface area contributed by atoms with Crippen LogP contribution in [0.5, 0.6) is 0 Å². The SMILES string of the molecule is CO[Si](C)(C)O[Si@@]1(C)O[Si@@](C)(OC)O[Si@@]2(C)O[Si@@](C)(OC)O[Si@@](C)(OC)O[Si@@](C)(OC)O[Si@@]3(C)O[Si@@](C)(O[Si](C)(OC)OC)O[Si@@](C)(OC)O[Si@]4(C)O[Si@@](C)(O[Si@@](C)(O[Si](C)(C)O[Si](C)(C)O[Si@](C)(OC)O4)O1)O[Si@@](C)(O2)O3. The molecule has 0 spiro atoms. The fraction of sp³-hybridized carbons (Fsp3) is 1.00. The van der Waals surface area contributed by atoms with Gasteiger partial charge in [0, 0.05) is 162 Å². The Balaban J connectivity index is 2.37. The molecule has 0 aliphatic carbocycles. The third-order valence-electron chi connectivity index (χ3n) is 11.5. The maximum Gasteiger partial charge on any atom is 0.489 e. The van der Waals surface area contributed by atoms with E-state index in [1.807, 2.05) is 39.3 Å². The van der Waals surface area contributed by atoms with E-state index in [0.717, 1.165) is 0 Å². The second kappa shape index (κ2) is 24.9. The fourth-order valence-electron chi connectivity index (χ4n) is 9.03. The first-order valence-corrected chi connectivity index (χ1v) is 66.4. The van der Waals surface area contributed by atoms with Gasteiger partial charge in [0.15, 0.2) is 0 Å². The largest absolute Gasteiger partial charge is 0.489 e. The van der Waals surface area contributed by atoms with Gasteiger partial charge in [0.1, 0.15) is 0 Å². The zero-order valence-electron chi connectivity index (χ0n) is 51.2. The first kappa shape index (κ1) is 73.2. The predicted molar refractivity (Wildman–Crippen MR) is 313 cm³/mol. The molecule has 0 unspecified atom stereocenters. The molecule has 4 aliphatic heterocycles. The van der Waals surface area contributed by atoms with Crippen molar-refractivity contribution >= 4 is 158 Å². The van der Waals surface area contributed by atoms with Gasteiger partial charge in [0.25, 0.3) is 0 Å². The summed E-state index contributed by atoms with van der Waals surface area (Å²) >= 11 is 0. The van der Waals surface area contributed by atoms with E-state index in [1.165, 1.54) is 64.0 Å². The third kappa shape index (κ3) is 19.6. The van der Waals surface area contributed by atoms with Gasteiger partial charge in [-0.1, -0.05) is 0 Å². The van der Waals surface area contributed by atoms with Crippen molar-refractivity contribution < 1.29 is 126 Å². The van der Waals surface area contributed by atoms with E-state index >= 15 is 0 Å². The lowest BCUT2D eigenvalue weighted by Gasteiger charge is -2.53. The third-order valence-corrected chi connectivity index (χ3v) is 83.2. The van der Waals surface area contributed by atoms with Crippen molar-refractivity contribution in [2.24, 2.45) is 0 Å². The van der Waals surface area contributed by atoms with Crippen molar-refractivity contribution in [2.45, 2.75) is 137 Å². The highest BCUT2D eigenvalue weighted by atomic mass is 28.6. The van der Waals surface area contributed by atoms with Gasteiger partial charge >= 0.3 is 158 Å². The predicted octanol–water partition coefficient (Wildman–Crippen LogP) is 4.84. The van der Waals surface area contributed by atoms with Gasteiger partial charge in [-0.25, -0.2) is 0 Å². The Morgan fingerprint density at radius 2 is 0.436 bits per heavy atom. The van der Waals surface area contributed by atoms with E-state index < -0.39 is 158 Å². The maximum atomic E-state index is 7.54. The summed E-state index contributed by atoms with van der Waals surface area (Å²) < 4.78 is 206. The summed E-state index contributed by atoms with van der Waals surface area (Å²) in [5.74, 6) is 0. The van der Waals surface area contributed by atoms with Crippen molar-refractivity contribution in [3.8, 4) is 0 Å². The Morgan fingerprint density at radius 3 is 0.718 bits per heavy atom. The molecule has 0 aromatic carbocycles. The summed E-state index contributed by atoms with van der Waals surface area (Å²) in [4.78, 5) is 0. The molecule has 462 valence electrons. The van der Waals surface area contributed by atoms with E-state index in [-0.39, 0.29) is 0 Å². The Kier molecular flexibility index (Phi) is 23.4. The summed E-state index contributed by atoms with van der Waals surface area (Å²) in [6.45, 7) is 35.1. The molecule has 0 saturated carbocycles. The molecule has 6 bridgehead atoms. The maximum absolute atomic E-state index is 7.54. The van der Waals surface area contributed by atoms with Crippen LogP contribution in [0.4, 0.5) is 0 Å². The lowest BCUT2D eigenvalue weighted by molar-refractivity contribution is 0.0335. The van der Waals surface area contributed by atoms with Gasteiger partial charge < -0.3 is 126 Å². The number of hydrogen-bond acceptors (Lipinski definition) is 30. The molecule has 78 heavy (non-hydrogen) atoms. The van der Waals surface area contributed by atoms with Crippen LogP contribution in [0.25, 0.3) is 0 Å². The van der Waals surface area contributed by atoms with Crippen LogP contribution < -0.4 is 0 Å². The molecule has 0 aromatic rings. The van der Waals surface area contributed by atoms with Crippen molar-refractivity contribution in [3.63, 3.8) is 0 Å². The molecule has 48 heteroatoms. The Hall–Kier alpha value is 2.70. The molecule has 4 saturated heterocycles. The Morgan fingerprint density at radius 1 is 0.218 bits per heavy atom. The highest BCUT2D eigenvalue weighted by Crippen LogP contribution is 2.43. The molecule has 4 fully saturated rings. The quantitative estimate of drug-likeness (QED) is 0.223. The zero-order valence-corrected chi connectivity index (χ0v) is 69.2. The van der Waals surface area contributed by atoms with Gasteiger partial charge in [-0.05, 0) is 39.3 Å². The van der Waals surface area contributed by atoms with Crippen LogP contribution in [0, 0.1) is 0 Å². The average molecular weight is 1440 g/mol. The van der Waals surface area contributed by atoms with Gasteiger partial charge in [-0.3, -0.25) is 0 Å². The lowest BCUT2D eigenvalue weighted by atomic mass is 11.8. The van der Waals surface area contributed by atoms with E-state index in [4.69, 9.17) is 126 Å². The minimum Gasteiger partial charge on any atom is -0.416 e. The average Bonchev–Trinajstić information content (AvgIpc) is 3.21. The van der Waals surface area contributed by atoms with Crippen LogP contribution in [0.2, 0.25) is 137 Å². The van der Waals surface area contributed by atoms with Crippen LogP contribution in [0.15, 0.2) is 0 Å². The molecule has 4 heterocycles. The number of hydrogen-bond donors (Lipinski definition) is 0. The second-order valence-electron chi connectivity index (χ2n) is 21.1. The van der Waals surface area contributed by atoms with Gasteiger partial charge in [0.05, 0.1) is 0 Å². The highest BCUT2D eigenvalue weighted by molar-refractivity contribution is 6.98. The lowest BCUT2D eigenvalue weighted by Crippen LogP contribution is -2.78. The highest BCUT2D eigenvalue weighted by Gasteiger charge is 2.73. The van der Waals surface area contributed by atoms with Crippen LogP contribution in [-0.2, 0) is 126 Å². The van der Waals surface area contributed by atoms with Gasteiger partial charge in [0.2, 0.25) is 0 Å². The molecule has 0 N–H and O–H groups in total. The monoisotopic (exact) mass is 1430 g/mol. The summed E-state index contributed by atoms with van der Waals surface area (Å²) in [6, 6.07) is 0. The van der Waals surface area contributed by atoms with Crippen LogP contribution in [0.3, 0.4) is 0 Å². The number of fused-ring (bicyclic) bond motifs is 4. The Labute approximate surface area is 482 Å². The molecule has 0 aromatic heterocycles. The molecule has 0 amide bonds. The molecule has 4 rings (SSSR count). The summed E-state index contributed by atoms with van der Waals surface area (Å²) in [7, 11) is -63.3. The number of rotatable bonds is 13. The van der Waals surface area contributed by atoms with Crippen molar-refractivity contribution in [3.05, 3.63) is 0 Å². The molecule has 14 atom stereocenters. The zero-order chi connectivity index (χ0) is 60.2. The van der Waals surface area contributed by atoms with Crippen molar-refractivity contribution in [2.75, 3.05) is 64.0 Å². The molecule has 4 aliphatic rings. The summed E-state index contributed by atoms with van der Waals surface area (Å²) in [6.07, 6.45) is 0. The van der Waals surface area contributed by atoms with Crippen LogP contribution >= 0.6 is 0 Å². The molecular weight excluding hydrogens is 1350 g/mol. The normalized spacial score (nSPS) is 46.8. The standard InChI is InChI=1S/C30H90O30Si18/c1-31-61(10,11)41-71(23)48-69(21,38-8)52-75(27)49-67(19,36-6)45-66(18,35-5)46-68(20,37-7)50-76(28)56-73(25,44-64(16,32-2)33-3)51-70(22,39-9)53-74(26)47-65(17,34-4)42-62(12,13)40-63(14,15)43-72(24,54-71)55-77(29,57-74)60-78(30,58-75)59-76/h1-30H3/t65-,66+,67-,68+,69+,70+,71-,72-,73-,74+,75+,76-,77+,78-/m0/s1. The summed E-state index contributed by atoms with van der Waals surface area (Å²) in [5, 5.41) is 0. The van der Waals surface area contributed by atoms with Crippen LogP contribution in [-0.4, -0.2) is 222 Å². The topological polar surface area (TPSA) is 277 Å². The van der Waals surface area contributed by atoms with E-state index in [1.54, 1.807) is 98.2 Å². The first-order chi connectivity index (χ1) is 34.9. The van der Waals surface area contributed by atoms with E-state index in [9.17, 15) is 0 Å². The minimum absolute atomic E-state index is 1.39. The Bertz CT molecular complexity index is 2060. The smallest absolute Gasteiger partial charge is 0.416 e. The fourth-order valence-corrected chi connectivity index (χ4v) is 92.8. The van der Waals surface area contributed by atoms with Gasteiger partial charge in [-0.2, -0.15) is 0 Å². The van der Waals surface area contributed by atoms with E-state index in [0.29, 0.717) is 0 Å². The van der Waals surface area contributed by atoms with E-state index in [2.05, 4.69) is 0 Å². The summed E-state index contributed by atoms with van der Waals surface area (Å²) in [5.41, 5.74) is 0. The van der Waals surface area contributed by atoms with Crippen LogP contribution in [0.1, 0.15) is 0 Å². The first-order valence-electron chi connectivity index (χ1n) is 24.6. The minimum atomic E-state index is -4.93. The van der Waals surface area contributed by atoms with Crippen molar-refractivity contribution in [1.29, 1.82) is 0 Å². The molecule has 0 radical (unpaired) electrons. The molecule has 30 nitrogen and oxygen atoms in total. The van der Waals surface area contributed by atoms with Crippen molar-refractivity contribution in [1.82, 2.24) is 0 Å².